The third-order valence-corrected chi connectivity index (χ3v) is 2.86. The zero-order chi connectivity index (χ0) is 15.3. The molecule has 0 aromatic heterocycles. The van der Waals surface area contributed by atoms with E-state index in [1.165, 1.54) is 0 Å². The minimum Gasteiger partial charge on any atom is -0.490 e. The van der Waals surface area contributed by atoms with Crippen molar-refractivity contribution in [3.63, 3.8) is 0 Å². The Kier molecular flexibility index (Phi) is 9.06. The van der Waals surface area contributed by atoms with E-state index >= 15 is 0 Å². The van der Waals surface area contributed by atoms with Gasteiger partial charge in [-0.3, -0.25) is 10.2 Å². The summed E-state index contributed by atoms with van der Waals surface area (Å²) < 4.78 is 5.55. The van der Waals surface area contributed by atoms with Crippen molar-refractivity contribution in [2.75, 3.05) is 6.61 Å². The van der Waals surface area contributed by atoms with Gasteiger partial charge in [-0.25, -0.2) is 5.43 Å². The van der Waals surface area contributed by atoms with Gasteiger partial charge in [0.25, 0.3) is 5.91 Å². The van der Waals surface area contributed by atoms with Gasteiger partial charge < -0.3 is 4.74 Å². The fourth-order valence-corrected chi connectivity index (χ4v) is 1.96. The molecule has 1 aromatic rings. The third-order valence-electron chi connectivity index (χ3n) is 2.30. The molecule has 0 saturated heterocycles. The minimum absolute atomic E-state index is 0. The normalized spacial score (nSPS) is 10.5. The summed E-state index contributed by atoms with van der Waals surface area (Å²) in [6.45, 7) is 8.41. The Morgan fingerprint density at radius 3 is 2.14 bits per heavy atom. The average molecular weight is 356 g/mol. The van der Waals surface area contributed by atoms with E-state index in [0.29, 0.717) is 33.9 Å². The number of ether oxygens (including phenoxy) is 1. The molecule has 0 aliphatic heterocycles. The molecule has 0 aliphatic rings. The van der Waals surface area contributed by atoms with Crippen LogP contribution in [0.15, 0.2) is 12.1 Å². The van der Waals surface area contributed by atoms with E-state index in [4.69, 9.17) is 27.9 Å². The van der Waals surface area contributed by atoms with E-state index < -0.39 is 0 Å². The summed E-state index contributed by atoms with van der Waals surface area (Å²) in [5.41, 5.74) is 5.78. The maximum absolute atomic E-state index is 11.9. The van der Waals surface area contributed by atoms with Crippen molar-refractivity contribution in [3.8, 4) is 5.75 Å². The predicted octanol–water partition coefficient (Wildman–Crippen LogP) is 4.09. The maximum Gasteiger partial charge on any atom is 0.265 e. The van der Waals surface area contributed by atoms with Crippen LogP contribution in [-0.2, 0) is 0 Å². The minimum atomic E-state index is -0.294. The molecule has 0 saturated carbocycles. The van der Waals surface area contributed by atoms with E-state index in [1.807, 2.05) is 27.7 Å². The number of hydrogen-bond acceptors (Lipinski definition) is 3. The van der Waals surface area contributed by atoms with Gasteiger partial charge in [-0.1, -0.05) is 37.0 Å². The second-order valence-electron chi connectivity index (χ2n) is 5.23. The highest BCUT2D eigenvalue weighted by Gasteiger charge is 2.14. The lowest BCUT2D eigenvalue weighted by Gasteiger charge is -2.14. The molecule has 120 valence electrons. The summed E-state index contributed by atoms with van der Waals surface area (Å²) in [5.74, 6) is 0.480. The standard InChI is InChI=1S/C14H20Cl2N2O2.ClH/c1-8(2)7-20-13-11(15)5-10(6-12(13)16)14(19)18-17-9(3)4;/h5-6,8-9,17H,7H2,1-4H3,(H,18,19);1H. The SMILES string of the molecule is CC(C)COc1c(Cl)cc(C(=O)NNC(C)C)cc1Cl.Cl. The summed E-state index contributed by atoms with van der Waals surface area (Å²) in [4.78, 5) is 11.9. The van der Waals surface area contributed by atoms with Gasteiger partial charge in [0.05, 0.1) is 16.7 Å². The van der Waals surface area contributed by atoms with E-state index in [2.05, 4.69) is 10.9 Å². The molecule has 0 heterocycles. The van der Waals surface area contributed by atoms with Crippen molar-refractivity contribution in [3.05, 3.63) is 27.7 Å². The van der Waals surface area contributed by atoms with Crippen LogP contribution in [0.4, 0.5) is 0 Å². The largest absolute Gasteiger partial charge is 0.490 e. The van der Waals surface area contributed by atoms with Crippen LogP contribution in [0.3, 0.4) is 0 Å². The van der Waals surface area contributed by atoms with Crippen LogP contribution in [0.25, 0.3) is 0 Å². The molecular formula is C14H21Cl3N2O2. The van der Waals surface area contributed by atoms with E-state index in [1.54, 1.807) is 12.1 Å². The summed E-state index contributed by atoms with van der Waals surface area (Å²) in [5, 5.41) is 0.653. The lowest BCUT2D eigenvalue weighted by atomic mass is 10.2. The molecule has 1 amide bonds. The van der Waals surface area contributed by atoms with Gasteiger partial charge in [-0.05, 0) is 31.9 Å². The van der Waals surface area contributed by atoms with Gasteiger partial charge in [0.15, 0.2) is 5.75 Å². The Bertz CT molecular complexity index is 456. The number of hydrazine groups is 1. The van der Waals surface area contributed by atoms with Crippen LogP contribution in [0, 0.1) is 5.92 Å². The van der Waals surface area contributed by atoms with Crippen LogP contribution in [0.1, 0.15) is 38.1 Å². The summed E-state index contributed by atoms with van der Waals surface area (Å²) >= 11 is 12.2. The van der Waals surface area contributed by atoms with Gasteiger partial charge in [0.2, 0.25) is 0 Å². The first kappa shape index (κ1) is 20.3. The molecule has 2 N–H and O–H groups in total. The van der Waals surface area contributed by atoms with E-state index in [0.717, 1.165) is 0 Å². The van der Waals surface area contributed by atoms with Crippen LogP contribution in [0.2, 0.25) is 10.0 Å². The Labute approximate surface area is 141 Å². The molecule has 21 heavy (non-hydrogen) atoms. The Morgan fingerprint density at radius 2 is 1.71 bits per heavy atom. The number of amides is 1. The molecular weight excluding hydrogens is 335 g/mol. The summed E-state index contributed by atoms with van der Waals surface area (Å²) in [6.07, 6.45) is 0. The lowest BCUT2D eigenvalue weighted by Crippen LogP contribution is -2.41. The van der Waals surface area contributed by atoms with E-state index in [9.17, 15) is 4.79 Å². The fraction of sp³-hybridized carbons (Fsp3) is 0.500. The van der Waals surface area contributed by atoms with Crippen LogP contribution < -0.4 is 15.6 Å². The zero-order valence-electron chi connectivity index (χ0n) is 12.5. The highest BCUT2D eigenvalue weighted by molar-refractivity contribution is 6.37. The van der Waals surface area contributed by atoms with E-state index in [-0.39, 0.29) is 24.4 Å². The molecule has 0 fully saturated rings. The Morgan fingerprint density at radius 1 is 1.19 bits per heavy atom. The second kappa shape index (κ2) is 9.36. The number of carbonyl (C=O) groups excluding carboxylic acids is 1. The molecule has 7 heteroatoms. The molecule has 0 radical (unpaired) electrons. The Balaban J connectivity index is 0.00000400. The topological polar surface area (TPSA) is 50.4 Å². The van der Waals surface area contributed by atoms with Gasteiger partial charge in [0, 0.05) is 11.6 Å². The molecule has 0 unspecified atom stereocenters. The Hall–Kier alpha value is -0.680. The summed E-state index contributed by atoms with van der Waals surface area (Å²) in [6, 6.07) is 3.22. The zero-order valence-corrected chi connectivity index (χ0v) is 14.8. The van der Waals surface area contributed by atoms with Gasteiger partial charge >= 0.3 is 0 Å². The number of rotatable bonds is 6. The summed E-state index contributed by atoms with van der Waals surface area (Å²) in [7, 11) is 0. The molecule has 0 atom stereocenters. The van der Waals surface area contributed by atoms with Crippen molar-refractivity contribution in [1.29, 1.82) is 0 Å². The first-order valence-electron chi connectivity index (χ1n) is 6.49. The third kappa shape index (κ3) is 6.74. The quantitative estimate of drug-likeness (QED) is 0.756. The number of nitrogens with one attached hydrogen (secondary N) is 2. The van der Waals surface area contributed by atoms with Crippen molar-refractivity contribution < 1.29 is 9.53 Å². The monoisotopic (exact) mass is 354 g/mol. The van der Waals surface area contributed by atoms with Crippen molar-refractivity contribution in [2.24, 2.45) is 5.92 Å². The second-order valence-corrected chi connectivity index (χ2v) is 6.04. The molecule has 0 aliphatic carbocycles. The fourth-order valence-electron chi connectivity index (χ4n) is 1.36. The molecule has 4 nitrogen and oxygen atoms in total. The van der Waals surface area contributed by atoms with Gasteiger partial charge in [-0.15, -0.1) is 12.4 Å². The lowest BCUT2D eigenvalue weighted by molar-refractivity contribution is 0.0927. The number of halogens is 3. The van der Waals surface area contributed by atoms with Crippen LogP contribution in [-0.4, -0.2) is 18.6 Å². The number of carbonyl (C=O) groups is 1. The average Bonchev–Trinajstić information content (AvgIpc) is 2.34. The first-order chi connectivity index (χ1) is 9.31. The molecule has 0 bridgehead atoms. The van der Waals surface area contributed by atoms with Crippen molar-refractivity contribution >= 4 is 41.5 Å². The molecule has 1 rings (SSSR count). The highest BCUT2D eigenvalue weighted by atomic mass is 35.5. The number of benzene rings is 1. The highest BCUT2D eigenvalue weighted by Crippen LogP contribution is 2.34. The van der Waals surface area contributed by atoms with Crippen molar-refractivity contribution in [2.45, 2.75) is 33.7 Å². The predicted molar refractivity (Wildman–Crippen MR) is 89.8 cm³/mol. The smallest absolute Gasteiger partial charge is 0.265 e. The maximum atomic E-state index is 11.9. The van der Waals surface area contributed by atoms with Crippen molar-refractivity contribution in [1.82, 2.24) is 10.9 Å². The van der Waals surface area contributed by atoms with Crippen LogP contribution in [0.5, 0.6) is 5.75 Å². The molecule has 0 spiro atoms. The van der Waals surface area contributed by atoms with Gasteiger partial charge in [-0.2, -0.15) is 0 Å². The first-order valence-corrected chi connectivity index (χ1v) is 7.24. The van der Waals surface area contributed by atoms with Crippen LogP contribution >= 0.6 is 35.6 Å². The van der Waals surface area contributed by atoms with Gasteiger partial charge in [0.1, 0.15) is 0 Å². The molecule has 1 aromatic carbocycles. The number of hydrogen-bond donors (Lipinski definition) is 2.